The molecule has 0 aliphatic heterocycles. The lowest BCUT2D eigenvalue weighted by atomic mass is 9.90. The minimum absolute atomic E-state index is 0.886. The number of fused-ring (bicyclic) bond motifs is 11. The first-order valence-electron chi connectivity index (χ1n) is 7.80. The maximum absolute atomic E-state index is 2.54. The molecule has 2 bridgehead atoms. The van der Waals surface area contributed by atoms with Gasteiger partial charge in [0.1, 0.15) is 0 Å². The summed E-state index contributed by atoms with van der Waals surface area (Å²) in [5.74, 6) is 0.886. The second kappa shape index (κ2) is 7.74. The van der Waals surface area contributed by atoms with Gasteiger partial charge >= 0.3 is 0 Å². The van der Waals surface area contributed by atoms with Crippen molar-refractivity contribution in [2.75, 3.05) is 0 Å². The third kappa shape index (κ3) is 5.10. The third-order valence-corrected chi connectivity index (χ3v) is 4.32. The zero-order valence-corrected chi connectivity index (χ0v) is 11.3. The van der Waals surface area contributed by atoms with Crippen molar-refractivity contribution in [2.45, 2.75) is 77.0 Å². The van der Waals surface area contributed by atoms with Crippen molar-refractivity contribution in [3.8, 4) is 0 Å². The summed E-state index contributed by atoms with van der Waals surface area (Å²) in [6.07, 6.45) is 24.4. The van der Waals surface area contributed by atoms with E-state index in [4.69, 9.17) is 0 Å². The Kier molecular flexibility index (Phi) is 5.88. The van der Waals surface area contributed by atoms with Crippen molar-refractivity contribution in [3.05, 3.63) is 23.8 Å². The highest BCUT2D eigenvalue weighted by atomic mass is 14.1. The smallest absolute Gasteiger partial charge is 0.0234 e. The largest absolute Gasteiger partial charge is 0.0880 e. The highest BCUT2D eigenvalue weighted by molar-refractivity contribution is 5.03. The molecule has 0 aromatic heterocycles. The summed E-state index contributed by atoms with van der Waals surface area (Å²) in [4.78, 5) is 0. The summed E-state index contributed by atoms with van der Waals surface area (Å²) in [6.45, 7) is 0. The Bertz CT molecular complexity index is 243. The molecule has 0 aromatic rings. The molecule has 3 rings (SSSR count). The lowest BCUT2D eigenvalue weighted by Crippen LogP contribution is -2.00. The Morgan fingerprint density at radius 2 is 1.47 bits per heavy atom. The maximum Gasteiger partial charge on any atom is -0.0234 e. The highest BCUT2D eigenvalue weighted by Crippen LogP contribution is 2.25. The van der Waals surface area contributed by atoms with Crippen LogP contribution in [-0.4, -0.2) is 0 Å². The van der Waals surface area contributed by atoms with Crippen molar-refractivity contribution in [1.29, 1.82) is 0 Å². The molecule has 0 aromatic carbocycles. The Morgan fingerprint density at radius 1 is 0.765 bits per heavy atom. The normalized spacial score (nSPS) is 30.1. The topological polar surface area (TPSA) is 0 Å². The van der Waals surface area contributed by atoms with E-state index in [0.29, 0.717) is 0 Å². The summed E-state index contributed by atoms with van der Waals surface area (Å²) in [5.41, 5.74) is 1.76. The molecule has 0 atom stereocenters. The highest BCUT2D eigenvalue weighted by Gasteiger charge is 2.08. The second-order valence-electron chi connectivity index (χ2n) is 5.83. The summed E-state index contributed by atoms with van der Waals surface area (Å²) in [6, 6.07) is 0. The fourth-order valence-corrected chi connectivity index (χ4v) is 3.21. The van der Waals surface area contributed by atoms with E-state index in [0.717, 1.165) is 5.92 Å². The van der Waals surface area contributed by atoms with Gasteiger partial charge in [0.25, 0.3) is 0 Å². The van der Waals surface area contributed by atoms with Crippen molar-refractivity contribution in [1.82, 2.24) is 0 Å². The average Bonchev–Trinajstić information content (AvgIpc) is 2.29. The van der Waals surface area contributed by atoms with Crippen LogP contribution < -0.4 is 0 Å². The molecule has 0 heterocycles. The van der Waals surface area contributed by atoms with Gasteiger partial charge < -0.3 is 0 Å². The molecule has 1 saturated carbocycles. The van der Waals surface area contributed by atoms with Gasteiger partial charge in [-0.25, -0.2) is 0 Å². The lowest BCUT2D eigenvalue weighted by molar-refractivity contribution is 0.464. The summed E-state index contributed by atoms with van der Waals surface area (Å²) in [7, 11) is 0. The van der Waals surface area contributed by atoms with Gasteiger partial charge in [-0.1, -0.05) is 49.5 Å². The first kappa shape index (κ1) is 12.9. The second-order valence-corrected chi connectivity index (χ2v) is 5.83. The number of rotatable bonds is 0. The van der Waals surface area contributed by atoms with Crippen molar-refractivity contribution < 1.29 is 0 Å². The molecule has 3 aliphatic rings. The predicted octanol–water partition coefficient (Wildman–Crippen LogP) is 5.79. The molecule has 0 N–H and O–H groups in total. The Morgan fingerprint density at radius 3 is 2.18 bits per heavy atom. The van der Waals surface area contributed by atoms with Gasteiger partial charge in [-0.3, -0.25) is 0 Å². The van der Waals surface area contributed by atoms with Crippen LogP contribution in [0, 0.1) is 5.92 Å². The van der Waals surface area contributed by atoms with Crippen LogP contribution in [0.2, 0.25) is 0 Å². The van der Waals surface area contributed by atoms with Gasteiger partial charge in [-0.15, -0.1) is 0 Å². The van der Waals surface area contributed by atoms with Gasteiger partial charge in [0, 0.05) is 0 Å². The van der Waals surface area contributed by atoms with E-state index in [1.807, 2.05) is 0 Å². The predicted molar refractivity (Wildman–Crippen MR) is 76.1 cm³/mol. The molecular formula is C17H28. The molecule has 0 amide bonds. The van der Waals surface area contributed by atoms with Gasteiger partial charge in [-0.2, -0.15) is 0 Å². The summed E-state index contributed by atoms with van der Waals surface area (Å²) >= 11 is 0. The summed E-state index contributed by atoms with van der Waals surface area (Å²) in [5, 5.41) is 0. The van der Waals surface area contributed by atoms with Crippen LogP contribution in [0.1, 0.15) is 77.0 Å². The van der Waals surface area contributed by atoms with Crippen LogP contribution in [0.25, 0.3) is 0 Å². The van der Waals surface area contributed by atoms with E-state index in [-0.39, 0.29) is 0 Å². The van der Waals surface area contributed by atoms with E-state index in [1.165, 1.54) is 77.0 Å². The van der Waals surface area contributed by atoms with Crippen molar-refractivity contribution >= 4 is 0 Å². The molecule has 17 heavy (non-hydrogen) atoms. The molecule has 0 nitrogen and oxygen atoms in total. The molecule has 0 radical (unpaired) electrons. The number of hydrogen-bond acceptors (Lipinski definition) is 0. The van der Waals surface area contributed by atoms with Gasteiger partial charge in [0.2, 0.25) is 0 Å². The number of hydrogen-bond donors (Lipinski definition) is 0. The molecule has 1 fully saturated rings. The zero-order chi connectivity index (χ0) is 11.8. The van der Waals surface area contributed by atoms with E-state index in [9.17, 15) is 0 Å². The SMILES string of the molecule is C1=C2CCCCCC(/C=C\CC1)CCCCC2. The van der Waals surface area contributed by atoms with E-state index >= 15 is 0 Å². The van der Waals surface area contributed by atoms with Gasteiger partial charge in [0.05, 0.1) is 0 Å². The fourth-order valence-electron chi connectivity index (χ4n) is 3.21. The maximum atomic E-state index is 2.54. The molecule has 0 heteroatoms. The molecule has 96 valence electrons. The van der Waals surface area contributed by atoms with Crippen molar-refractivity contribution in [2.24, 2.45) is 5.92 Å². The van der Waals surface area contributed by atoms with Gasteiger partial charge in [-0.05, 0) is 57.3 Å². The first-order valence-corrected chi connectivity index (χ1v) is 7.80. The standard InChI is InChI=1S/C17H28/c1-4-10-16-12-6-2-7-13-17(11-5-1)15-9-3-8-14-16/h4,10-11,16H,1-3,5-9,12-15H2/b10-4-,17-11?. The summed E-state index contributed by atoms with van der Waals surface area (Å²) < 4.78 is 0. The number of allylic oxidation sites excluding steroid dienone is 4. The van der Waals surface area contributed by atoms with Crippen LogP contribution >= 0.6 is 0 Å². The van der Waals surface area contributed by atoms with Crippen molar-refractivity contribution in [3.63, 3.8) is 0 Å². The Balaban J connectivity index is 2.03. The average molecular weight is 232 g/mol. The van der Waals surface area contributed by atoms with Crippen LogP contribution in [0.5, 0.6) is 0 Å². The lowest BCUT2D eigenvalue weighted by Gasteiger charge is -2.16. The molecular weight excluding hydrogens is 204 g/mol. The van der Waals surface area contributed by atoms with E-state index < -0.39 is 0 Å². The van der Waals surface area contributed by atoms with Crippen LogP contribution in [-0.2, 0) is 0 Å². The quantitative estimate of drug-likeness (QED) is 0.463. The molecule has 0 spiro atoms. The minimum atomic E-state index is 0.886. The molecule has 0 saturated heterocycles. The Hall–Kier alpha value is -0.520. The van der Waals surface area contributed by atoms with E-state index in [2.05, 4.69) is 18.2 Å². The van der Waals surface area contributed by atoms with Gasteiger partial charge in [0.15, 0.2) is 0 Å². The Labute approximate surface area is 107 Å². The molecule has 3 aliphatic carbocycles. The van der Waals surface area contributed by atoms with Crippen LogP contribution in [0.4, 0.5) is 0 Å². The van der Waals surface area contributed by atoms with Crippen LogP contribution in [0.3, 0.4) is 0 Å². The first-order chi connectivity index (χ1) is 8.45. The monoisotopic (exact) mass is 232 g/mol. The molecule has 0 unspecified atom stereocenters. The zero-order valence-electron chi connectivity index (χ0n) is 11.3. The minimum Gasteiger partial charge on any atom is -0.0880 e. The third-order valence-electron chi connectivity index (χ3n) is 4.32. The fraction of sp³-hybridized carbons (Fsp3) is 0.765. The van der Waals surface area contributed by atoms with E-state index in [1.54, 1.807) is 5.57 Å². The van der Waals surface area contributed by atoms with Crippen LogP contribution in [0.15, 0.2) is 23.8 Å².